The fourth-order valence-corrected chi connectivity index (χ4v) is 2.02. The fourth-order valence-electron chi connectivity index (χ4n) is 2.02. The summed E-state index contributed by atoms with van der Waals surface area (Å²) in [4.78, 5) is 4.54. The summed E-state index contributed by atoms with van der Waals surface area (Å²) in [6.07, 6.45) is 4.00. The summed E-state index contributed by atoms with van der Waals surface area (Å²) < 4.78 is 0. The van der Waals surface area contributed by atoms with E-state index in [4.69, 9.17) is 0 Å². The number of aryl methyl sites for hydroxylation is 3. The Morgan fingerprint density at radius 1 is 1.29 bits per heavy atom. The van der Waals surface area contributed by atoms with Crippen molar-refractivity contribution in [3.8, 4) is 11.3 Å². The number of nitrogens with one attached hydrogen (secondary N) is 1. The van der Waals surface area contributed by atoms with Crippen molar-refractivity contribution >= 4 is 0 Å². The van der Waals surface area contributed by atoms with E-state index in [0.717, 1.165) is 24.2 Å². The van der Waals surface area contributed by atoms with Gasteiger partial charge in [0.15, 0.2) is 0 Å². The summed E-state index contributed by atoms with van der Waals surface area (Å²) in [7, 11) is 0. The van der Waals surface area contributed by atoms with E-state index in [1.165, 1.54) is 16.8 Å². The molecule has 0 unspecified atom stereocenters. The number of nitrogens with zero attached hydrogens (tertiary/aromatic N) is 2. The van der Waals surface area contributed by atoms with Gasteiger partial charge < -0.3 is 0 Å². The number of fused-ring (bicyclic) bond motifs is 3. The topological polar surface area (TPSA) is 41.6 Å². The number of aromatic nitrogens is 3. The van der Waals surface area contributed by atoms with Gasteiger partial charge in [-0.3, -0.25) is 10.1 Å². The van der Waals surface area contributed by atoms with Crippen LogP contribution in [0, 0.1) is 6.92 Å². The Morgan fingerprint density at radius 3 is 3.14 bits per heavy atom. The second kappa shape index (κ2) is 2.67. The van der Waals surface area contributed by atoms with Crippen LogP contribution in [-0.2, 0) is 12.8 Å². The van der Waals surface area contributed by atoms with Crippen LogP contribution in [0.2, 0.25) is 0 Å². The zero-order valence-electron chi connectivity index (χ0n) is 8.04. The summed E-state index contributed by atoms with van der Waals surface area (Å²) in [5, 5.41) is 7.12. The first kappa shape index (κ1) is 7.74. The lowest BCUT2D eigenvalue weighted by molar-refractivity contribution is 0.886. The number of hydrogen-bond donors (Lipinski definition) is 1. The van der Waals surface area contributed by atoms with Gasteiger partial charge in [-0.05, 0) is 37.5 Å². The molecule has 0 radical (unpaired) electrons. The quantitative estimate of drug-likeness (QED) is 0.680. The van der Waals surface area contributed by atoms with Gasteiger partial charge in [-0.2, -0.15) is 5.10 Å². The van der Waals surface area contributed by atoms with Crippen molar-refractivity contribution in [3.63, 3.8) is 0 Å². The second-order valence-electron chi connectivity index (χ2n) is 3.72. The molecule has 3 nitrogen and oxygen atoms in total. The largest absolute Gasteiger partial charge is 0.277 e. The van der Waals surface area contributed by atoms with Crippen LogP contribution in [0.4, 0.5) is 0 Å². The Bertz CT molecular complexity index is 485. The molecule has 0 spiro atoms. The van der Waals surface area contributed by atoms with Crippen molar-refractivity contribution in [2.45, 2.75) is 19.8 Å². The van der Waals surface area contributed by atoms with Crippen molar-refractivity contribution in [2.75, 3.05) is 0 Å². The van der Waals surface area contributed by atoms with Gasteiger partial charge in [0.05, 0.1) is 17.6 Å². The summed E-state index contributed by atoms with van der Waals surface area (Å²) in [6.45, 7) is 2.03. The smallest absolute Gasteiger partial charge is 0.0700 e. The molecular weight excluding hydrogens is 174 g/mol. The third kappa shape index (κ3) is 0.985. The van der Waals surface area contributed by atoms with Crippen molar-refractivity contribution in [3.05, 3.63) is 35.3 Å². The molecule has 2 aromatic rings. The van der Waals surface area contributed by atoms with Gasteiger partial charge in [-0.1, -0.05) is 0 Å². The van der Waals surface area contributed by atoms with Gasteiger partial charge in [-0.15, -0.1) is 0 Å². The van der Waals surface area contributed by atoms with Crippen LogP contribution in [0.5, 0.6) is 0 Å². The maximum atomic E-state index is 4.54. The minimum Gasteiger partial charge on any atom is -0.277 e. The van der Waals surface area contributed by atoms with Crippen molar-refractivity contribution in [2.24, 2.45) is 0 Å². The zero-order chi connectivity index (χ0) is 9.54. The zero-order valence-corrected chi connectivity index (χ0v) is 8.04. The number of rotatable bonds is 0. The van der Waals surface area contributed by atoms with E-state index in [2.05, 4.69) is 27.3 Å². The Hall–Kier alpha value is -1.64. The average molecular weight is 185 g/mol. The predicted molar refractivity (Wildman–Crippen MR) is 54.0 cm³/mol. The molecule has 0 bridgehead atoms. The molecular formula is C11H11N3. The van der Waals surface area contributed by atoms with E-state index in [-0.39, 0.29) is 0 Å². The molecule has 0 atom stereocenters. The SMILES string of the molecule is Cc1ccc2c(n1)CCc1cn[nH]c1-2. The van der Waals surface area contributed by atoms with Crippen LogP contribution in [-0.4, -0.2) is 15.2 Å². The normalized spacial score (nSPS) is 13.5. The van der Waals surface area contributed by atoms with Crippen LogP contribution >= 0.6 is 0 Å². The number of hydrogen-bond acceptors (Lipinski definition) is 2. The summed E-state index contributed by atoms with van der Waals surface area (Å²) in [5.74, 6) is 0. The van der Waals surface area contributed by atoms with Crippen molar-refractivity contribution < 1.29 is 0 Å². The molecule has 1 N–H and O–H groups in total. The second-order valence-corrected chi connectivity index (χ2v) is 3.72. The monoisotopic (exact) mass is 185 g/mol. The fraction of sp³-hybridized carbons (Fsp3) is 0.273. The standard InChI is InChI=1S/C11H11N3/c1-7-2-4-9-10(13-7)5-3-8-6-12-14-11(8)9/h2,4,6H,3,5H2,1H3,(H,12,14). The minimum atomic E-state index is 1.03. The maximum Gasteiger partial charge on any atom is 0.0700 e. The molecule has 1 aliphatic carbocycles. The van der Waals surface area contributed by atoms with Crippen LogP contribution in [0.25, 0.3) is 11.3 Å². The number of aromatic amines is 1. The van der Waals surface area contributed by atoms with E-state index >= 15 is 0 Å². The summed E-state index contributed by atoms with van der Waals surface area (Å²) in [5.41, 5.74) is 5.96. The highest BCUT2D eigenvalue weighted by atomic mass is 15.1. The number of H-pyrrole nitrogens is 1. The van der Waals surface area contributed by atoms with Crippen LogP contribution in [0.3, 0.4) is 0 Å². The van der Waals surface area contributed by atoms with Crippen molar-refractivity contribution in [1.29, 1.82) is 0 Å². The summed E-state index contributed by atoms with van der Waals surface area (Å²) >= 11 is 0. The lowest BCUT2D eigenvalue weighted by atomic mass is 9.94. The molecule has 0 aromatic carbocycles. The first-order valence-electron chi connectivity index (χ1n) is 4.84. The third-order valence-corrected chi connectivity index (χ3v) is 2.73. The van der Waals surface area contributed by atoms with Crippen LogP contribution in [0.15, 0.2) is 18.3 Å². The first-order chi connectivity index (χ1) is 6.84. The molecule has 1 aliphatic rings. The highest BCUT2D eigenvalue weighted by Crippen LogP contribution is 2.30. The lowest BCUT2D eigenvalue weighted by Gasteiger charge is -2.14. The van der Waals surface area contributed by atoms with Gasteiger partial charge in [0.1, 0.15) is 0 Å². The van der Waals surface area contributed by atoms with Crippen LogP contribution in [0.1, 0.15) is 17.0 Å². The first-order valence-corrected chi connectivity index (χ1v) is 4.84. The van der Waals surface area contributed by atoms with Crippen molar-refractivity contribution in [1.82, 2.24) is 15.2 Å². The van der Waals surface area contributed by atoms with Gasteiger partial charge in [0.25, 0.3) is 0 Å². The maximum absolute atomic E-state index is 4.54. The molecule has 3 rings (SSSR count). The van der Waals surface area contributed by atoms with E-state index in [1.807, 2.05) is 13.1 Å². The molecule has 0 saturated carbocycles. The molecule has 3 heteroatoms. The highest BCUT2D eigenvalue weighted by Gasteiger charge is 2.18. The molecule has 0 amide bonds. The number of pyridine rings is 1. The molecule has 0 saturated heterocycles. The molecule has 14 heavy (non-hydrogen) atoms. The van der Waals surface area contributed by atoms with Crippen LogP contribution < -0.4 is 0 Å². The molecule has 0 aliphatic heterocycles. The molecule has 2 aromatic heterocycles. The Balaban J connectivity index is 2.26. The molecule has 0 fully saturated rings. The summed E-state index contributed by atoms with van der Waals surface area (Å²) in [6, 6.07) is 4.18. The van der Waals surface area contributed by atoms with E-state index < -0.39 is 0 Å². The van der Waals surface area contributed by atoms with E-state index in [1.54, 1.807) is 0 Å². The predicted octanol–water partition coefficient (Wildman–Crippen LogP) is 1.88. The third-order valence-electron chi connectivity index (χ3n) is 2.73. The lowest BCUT2D eigenvalue weighted by Crippen LogP contribution is -2.05. The van der Waals surface area contributed by atoms with E-state index in [9.17, 15) is 0 Å². The van der Waals surface area contributed by atoms with Gasteiger partial charge in [0, 0.05) is 11.3 Å². The Kier molecular flexibility index (Phi) is 1.48. The van der Waals surface area contributed by atoms with Gasteiger partial charge in [0.2, 0.25) is 0 Å². The van der Waals surface area contributed by atoms with Gasteiger partial charge >= 0.3 is 0 Å². The molecule has 2 heterocycles. The Morgan fingerprint density at radius 2 is 2.21 bits per heavy atom. The highest BCUT2D eigenvalue weighted by molar-refractivity contribution is 5.67. The van der Waals surface area contributed by atoms with Gasteiger partial charge in [-0.25, -0.2) is 0 Å². The Labute approximate surface area is 82.2 Å². The van der Waals surface area contributed by atoms with E-state index in [0.29, 0.717) is 0 Å². The molecule has 70 valence electrons. The minimum absolute atomic E-state index is 1.03. The average Bonchev–Trinajstić information content (AvgIpc) is 2.65.